The fraction of sp³-hybridized carbons (Fsp3) is 0.833. The van der Waals surface area contributed by atoms with Gasteiger partial charge in [0.05, 0.1) is 5.92 Å². The van der Waals surface area contributed by atoms with Gasteiger partial charge in [-0.25, -0.2) is 0 Å². The van der Waals surface area contributed by atoms with Gasteiger partial charge in [0.2, 0.25) is 5.91 Å². The largest absolute Gasteiger partial charge is 0.481 e. The molecule has 2 atom stereocenters. The maximum Gasteiger partial charge on any atom is 0.307 e. The standard InChI is InChI=1S/C12H23NO3/c1-7(2)13(8(3)4)11(14)9(5)10(6)12(15)16/h7-10H,1-6H3,(H,15,16). The highest BCUT2D eigenvalue weighted by molar-refractivity contribution is 5.84. The number of carboxylic acids is 1. The zero-order valence-corrected chi connectivity index (χ0v) is 11.0. The van der Waals surface area contributed by atoms with Crippen LogP contribution >= 0.6 is 0 Å². The van der Waals surface area contributed by atoms with Gasteiger partial charge in [-0.15, -0.1) is 0 Å². The quantitative estimate of drug-likeness (QED) is 0.784. The average molecular weight is 229 g/mol. The van der Waals surface area contributed by atoms with Crippen LogP contribution in [0.25, 0.3) is 0 Å². The Balaban J connectivity index is 4.81. The molecule has 4 nitrogen and oxygen atoms in total. The molecule has 1 amide bonds. The van der Waals surface area contributed by atoms with E-state index in [2.05, 4.69) is 0 Å². The van der Waals surface area contributed by atoms with E-state index in [9.17, 15) is 9.59 Å². The number of rotatable bonds is 5. The summed E-state index contributed by atoms with van der Waals surface area (Å²) in [6.45, 7) is 11.0. The van der Waals surface area contributed by atoms with Gasteiger partial charge in [-0.3, -0.25) is 9.59 Å². The maximum atomic E-state index is 12.1. The lowest BCUT2D eigenvalue weighted by Gasteiger charge is -2.34. The minimum Gasteiger partial charge on any atom is -0.481 e. The summed E-state index contributed by atoms with van der Waals surface area (Å²) in [6.07, 6.45) is 0. The number of carboxylic acid groups (broad SMARTS) is 1. The fourth-order valence-electron chi connectivity index (χ4n) is 1.77. The van der Waals surface area contributed by atoms with Crippen LogP contribution in [0.4, 0.5) is 0 Å². The van der Waals surface area contributed by atoms with Crippen molar-refractivity contribution in [1.29, 1.82) is 0 Å². The summed E-state index contributed by atoms with van der Waals surface area (Å²) in [5.74, 6) is -2.14. The number of aliphatic carboxylic acids is 1. The minimum atomic E-state index is -0.923. The second kappa shape index (κ2) is 5.87. The molecule has 0 saturated carbocycles. The smallest absolute Gasteiger partial charge is 0.307 e. The third-order valence-electron chi connectivity index (χ3n) is 2.90. The summed E-state index contributed by atoms with van der Waals surface area (Å²) in [4.78, 5) is 24.7. The van der Waals surface area contributed by atoms with Crippen molar-refractivity contribution in [3.8, 4) is 0 Å². The Hall–Kier alpha value is -1.06. The molecule has 0 bridgehead atoms. The summed E-state index contributed by atoms with van der Waals surface area (Å²) in [7, 11) is 0. The zero-order chi connectivity index (χ0) is 13.0. The Labute approximate surface area is 97.6 Å². The van der Waals surface area contributed by atoms with Crippen molar-refractivity contribution in [3.63, 3.8) is 0 Å². The topological polar surface area (TPSA) is 57.6 Å². The highest BCUT2D eigenvalue weighted by Crippen LogP contribution is 2.18. The predicted octanol–water partition coefficient (Wildman–Crippen LogP) is 1.99. The van der Waals surface area contributed by atoms with Crippen LogP contribution in [0.3, 0.4) is 0 Å². The number of carbonyl (C=O) groups is 2. The molecule has 0 aromatic carbocycles. The molecule has 0 aliphatic heterocycles. The van der Waals surface area contributed by atoms with Crippen LogP contribution < -0.4 is 0 Å². The summed E-state index contributed by atoms with van der Waals surface area (Å²) in [6, 6.07) is 0.187. The van der Waals surface area contributed by atoms with Crippen LogP contribution in [-0.2, 0) is 9.59 Å². The van der Waals surface area contributed by atoms with Gasteiger partial charge >= 0.3 is 5.97 Å². The van der Waals surface area contributed by atoms with E-state index in [-0.39, 0.29) is 18.0 Å². The molecule has 2 unspecified atom stereocenters. The third kappa shape index (κ3) is 3.51. The molecular formula is C12H23NO3. The SMILES string of the molecule is CC(C(=O)O)C(C)C(=O)N(C(C)C)C(C)C. The molecule has 0 heterocycles. The lowest BCUT2D eigenvalue weighted by Crippen LogP contribution is -2.46. The lowest BCUT2D eigenvalue weighted by atomic mass is 9.93. The van der Waals surface area contributed by atoms with Gasteiger partial charge in [0.15, 0.2) is 0 Å². The van der Waals surface area contributed by atoms with E-state index in [0.717, 1.165) is 0 Å². The van der Waals surface area contributed by atoms with Crippen molar-refractivity contribution in [2.24, 2.45) is 11.8 Å². The number of hydrogen-bond acceptors (Lipinski definition) is 2. The van der Waals surface area contributed by atoms with Crippen molar-refractivity contribution in [2.75, 3.05) is 0 Å². The van der Waals surface area contributed by atoms with Crippen LogP contribution in [0.15, 0.2) is 0 Å². The van der Waals surface area contributed by atoms with Gasteiger partial charge in [-0.05, 0) is 27.7 Å². The van der Waals surface area contributed by atoms with Crippen LogP contribution in [0, 0.1) is 11.8 Å². The molecule has 0 fully saturated rings. The van der Waals surface area contributed by atoms with E-state index in [4.69, 9.17) is 5.11 Å². The zero-order valence-electron chi connectivity index (χ0n) is 11.0. The van der Waals surface area contributed by atoms with Gasteiger partial charge < -0.3 is 10.0 Å². The fourth-order valence-corrected chi connectivity index (χ4v) is 1.77. The van der Waals surface area contributed by atoms with Gasteiger partial charge in [-0.2, -0.15) is 0 Å². The monoisotopic (exact) mass is 229 g/mol. The van der Waals surface area contributed by atoms with E-state index < -0.39 is 17.8 Å². The Morgan fingerprint density at radius 1 is 0.875 bits per heavy atom. The highest BCUT2D eigenvalue weighted by Gasteiger charge is 2.31. The van der Waals surface area contributed by atoms with Crippen LogP contribution in [-0.4, -0.2) is 34.0 Å². The average Bonchev–Trinajstić information content (AvgIpc) is 2.13. The Morgan fingerprint density at radius 3 is 1.50 bits per heavy atom. The van der Waals surface area contributed by atoms with Gasteiger partial charge in [0, 0.05) is 18.0 Å². The van der Waals surface area contributed by atoms with E-state index in [1.54, 1.807) is 18.7 Å². The van der Waals surface area contributed by atoms with Crippen LogP contribution in [0.5, 0.6) is 0 Å². The molecule has 0 aliphatic carbocycles. The van der Waals surface area contributed by atoms with Crippen molar-refractivity contribution < 1.29 is 14.7 Å². The molecule has 0 aliphatic rings. The number of carbonyl (C=O) groups excluding carboxylic acids is 1. The molecule has 0 aromatic heterocycles. The van der Waals surface area contributed by atoms with E-state index >= 15 is 0 Å². The Kier molecular flexibility index (Phi) is 5.48. The number of hydrogen-bond donors (Lipinski definition) is 1. The summed E-state index contributed by atoms with van der Waals surface area (Å²) >= 11 is 0. The summed E-state index contributed by atoms with van der Waals surface area (Å²) in [5, 5.41) is 8.89. The molecular weight excluding hydrogens is 206 g/mol. The second-order valence-electron chi connectivity index (χ2n) is 4.85. The van der Waals surface area contributed by atoms with Crippen molar-refractivity contribution in [1.82, 2.24) is 4.90 Å². The normalized spacial score (nSPS) is 15.0. The van der Waals surface area contributed by atoms with Crippen LogP contribution in [0.2, 0.25) is 0 Å². The van der Waals surface area contributed by atoms with Crippen molar-refractivity contribution in [3.05, 3.63) is 0 Å². The molecule has 0 radical (unpaired) electrons. The first-order chi connectivity index (χ1) is 7.20. The summed E-state index contributed by atoms with van der Waals surface area (Å²) in [5.41, 5.74) is 0. The number of nitrogens with zero attached hydrogens (tertiary/aromatic N) is 1. The Bertz CT molecular complexity index is 253. The highest BCUT2D eigenvalue weighted by atomic mass is 16.4. The van der Waals surface area contributed by atoms with Gasteiger partial charge in [-0.1, -0.05) is 13.8 Å². The van der Waals surface area contributed by atoms with Crippen molar-refractivity contribution in [2.45, 2.75) is 53.6 Å². The lowest BCUT2D eigenvalue weighted by molar-refractivity contribution is -0.150. The minimum absolute atomic E-state index is 0.0834. The first kappa shape index (κ1) is 14.9. The van der Waals surface area contributed by atoms with Crippen molar-refractivity contribution >= 4 is 11.9 Å². The summed E-state index contributed by atoms with van der Waals surface area (Å²) < 4.78 is 0. The Morgan fingerprint density at radius 2 is 1.25 bits per heavy atom. The van der Waals surface area contributed by atoms with Crippen LogP contribution in [0.1, 0.15) is 41.5 Å². The molecule has 16 heavy (non-hydrogen) atoms. The van der Waals surface area contributed by atoms with Gasteiger partial charge in [0.25, 0.3) is 0 Å². The first-order valence-corrected chi connectivity index (χ1v) is 5.75. The third-order valence-corrected chi connectivity index (χ3v) is 2.90. The molecule has 0 spiro atoms. The molecule has 0 saturated heterocycles. The van der Waals surface area contributed by atoms with Gasteiger partial charge in [0.1, 0.15) is 0 Å². The first-order valence-electron chi connectivity index (χ1n) is 5.75. The number of amides is 1. The van der Waals surface area contributed by atoms with E-state index in [1.807, 2.05) is 27.7 Å². The molecule has 94 valence electrons. The van der Waals surface area contributed by atoms with E-state index in [0.29, 0.717) is 0 Å². The van der Waals surface area contributed by atoms with E-state index in [1.165, 1.54) is 0 Å². The second-order valence-corrected chi connectivity index (χ2v) is 4.85. The molecule has 1 N–H and O–H groups in total. The molecule has 4 heteroatoms. The predicted molar refractivity (Wildman–Crippen MR) is 63.1 cm³/mol. The maximum absolute atomic E-state index is 12.1. The molecule has 0 aromatic rings. The molecule has 0 rings (SSSR count).